The minimum Gasteiger partial charge on any atom is -0.369 e. The van der Waals surface area contributed by atoms with Crippen molar-refractivity contribution >= 4 is 23.5 Å². The predicted molar refractivity (Wildman–Crippen MR) is 84.5 cm³/mol. The van der Waals surface area contributed by atoms with Crippen LogP contribution in [-0.2, 0) is 11.2 Å². The summed E-state index contributed by atoms with van der Waals surface area (Å²) in [4.78, 5) is 23.6. The van der Waals surface area contributed by atoms with Crippen LogP contribution in [0.3, 0.4) is 0 Å². The summed E-state index contributed by atoms with van der Waals surface area (Å²) in [5, 5.41) is 6.62. The van der Waals surface area contributed by atoms with Crippen LogP contribution in [0.15, 0.2) is 18.2 Å². The van der Waals surface area contributed by atoms with E-state index in [9.17, 15) is 9.59 Å². The van der Waals surface area contributed by atoms with Crippen molar-refractivity contribution in [2.45, 2.75) is 44.2 Å². The standard InChI is InChI=1S/C16H20ClN3O2/c17-10-5-6-11-9(8-10)4-7-14(11)20-16(22)19-13-3-1-2-12(13)15(18)21/h5-6,8,12-14H,1-4,7H2,(H2,18,21)(H2,19,20,22)/t12-,13+,14-/m1/s1. The van der Waals surface area contributed by atoms with Crippen LogP contribution >= 0.6 is 11.6 Å². The number of hydrogen-bond acceptors (Lipinski definition) is 2. The molecule has 5 nitrogen and oxygen atoms in total. The molecule has 0 bridgehead atoms. The van der Waals surface area contributed by atoms with Gasteiger partial charge in [0.05, 0.1) is 12.0 Å². The number of fused-ring (bicyclic) bond motifs is 1. The highest BCUT2D eigenvalue weighted by Gasteiger charge is 2.33. The van der Waals surface area contributed by atoms with E-state index in [1.54, 1.807) is 0 Å². The predicted octanol–water partition coefficient (Wildman–Crippen LogP) is 2.28. The fourth-order valence-corrected chi connectivity index (χ4v) is 3.77. The lowest BCUT2D eigenvalue weighted by atomic mass is 10.0. The number of rotatable bonds is 3. The highest BCUT2D eigenvalue weighted by Crippen LogP contribution is 2.33. The second-order valence-electron chi connectivity index (χ2n) is 6.10. The van der Waals surface area contributed by atoms with Gasteiger partial charge in [-0.15, -0.1) is 0 Å². The lowest BCUT2D eigenvalue weighted by molar-refractivity contribution is -0.122. The number of carbonyl (C=O) groups is 2. The molecule has 22 heavy (non-hydrogen) atoms. The summed E-state index contributed by atoms with van der Waals surface area (Å²) in [5.41, 5.74) is 7.69. The number of primary amides is 1. The topological polar surface area (TPSA) is 84.2 Å². The van der Waals surface area contributed by atoms with E-state index in [1.807, 2.05) is 18.2 Å². The van der Waals surface area contributed by atoms with Gasteiger partial charge in [0, 0.05) is 11.1 Å². The van der Waals surface area contributed by atoms with Gasteiger partial charge in [0.25, 0.3) is 0 Å². The number of aryl methyl sites for hydroxylation is 1. The van der Waals surface area contributed by atoms with Gasteiger partial charge in [-0.3, -0.25) is 4.79 Å². The molecule has 4 N–H and O–H groups in total. The number of hydrogen-bond donors (Lipinski definition) is 3. The Morgan fingerprint density at radius 2 is 2.00 bits per heavy atom. The van der Waals surface area contributed by atoms with Gasteiger partial charge < -0.3 is 16.4 Å². The van der Waals surface area contributed by atoms with Crippen molar-refractivity contribution in [3.63, 3.8) is 0 Å². The van der Waals surface area contributed by atoms with Crippen molar-refractivity contribution in [1.29, 1.82) is 0 Å². The molecule has 0 radical (unpaired) electrons. The number of halogens is 1. The van der Waals surface area contributed by atoms with Crippen molar-refractivity contribution in [2.75, 3.05) is 0 Å². The number of urea groups is 1. The molecule has 0 saturated heterocycles. The van der Waals surface area contributed by atoms with Crippen LogP contribution in [0.5, 0.6) is 0 Å². The Morgan fingerprint density at radius 3 is 2.77 bits per heavy atom. The van der Waals surface area contributed by atoms with Crippen LogP contribution in [0.1, 0.15) is 42.9 Å². The maximum absolute atomic E-state index is 12.2. The average Bonchev–Trinajstić information content (AvgIpc) is 3.06. The Hall–Kier alpha value is -1.75. The van der Waals surface area contributed by atoms with Gasteiger partial charge >= 0.3 is 6.03 Å². The van der Waals surface area contributed by atoms with Gasteiger partial charge in [-0.05, 0) is 48.9 Å². The maximum atomic E-state index is 12.2. The summed E-state index contributed by atoms with van der Waals surface area (Å²) in [6, 6.07) is 5.39. The van der Waals surface area contributed by atoms with E-state index in [2.05, 4.69) is 10.6 Å². The Kier molecular flexibility index (Phi) is 4.25. The molecule has 3 amide bonds. The highest BCUT2D eigenvalue weighted by molar-refractivity contribution is 6.30. The molecule has 6 heteroatoms. The van der Waals surface area contributed by atoms with E-state index in [0.717, 1.165) is 42.7 Å². The fraction of sp³-hybridized carbons (Fsp3) is 0.500. The SMILES string of the molecule is NC(=O)[C@@H]1CCC[C@@H]1NC(=O)N[C@@H]1CCc2cc(Cl)ccc21. The van der Waals surface area contributed by atoms with Crippen LogP contribution in [-0.4, -0.2) is 18.0 Å². The lowest BCUT2D eigenvalue weighted by Crippen LogP contribution is -2.47. The molecule has 1 aromatic rings. The Balaban J connectivity index is 1.61. The maximum Gasteiger partial charge on any atom is 0.315 e. The van der Waals surface area contributed by atoms with Gasteiger partial charge in [0.15, 0.2) is 0 Å². The summed E-state index contributed by atoms with van der Waals surface area (Å²) in [7, 11) is 0. The number of nitrogens with one attached hydrogen (secondary N) is 2. The third-order valence-electron chi connectivity index (χ3n) is 4.69. The van der Waals surface area contributed by atoms with Crippen LogP contribution in [0.25, 0.3) is 0 Å². The van der Waals surface area contributed by atoms with Crippen LogP contribution < -0.4 is 16.4 Å². The summed E-state index contributed by atoms with van der Waals surface area (Å²) in [5.74, 6) is -0.580. The van der Waals surface area contributed by atoms with E-state index in [4.69, 9.17) is 17.3 Å². The van der Waals surface area contributed by atoms with Gasteiger partial charge in [-0.2, -0.15) is 0 Å². The first-order valence-electron chi connectivity index (χ1n) is 7.69. The number of amides is 3. The molecule has 2 aliphatic rings. The molecular weight excluding hydrogens is 302 g/mol. The summed E-state index contributed by atoms with van der Waals surface area (Å²) in [6.07, 6.45) is 4.26. The fourth-order valence-electron chi connectivity index (χ4n) is 3.58. The first kappa shape index (κ1) is 15.2. The zero-order chi connectivity index (χ0) is 15.7. The Labute approximate surface area is 134 Å². The summed E-state index contributed by atoms with van der Waals surface area (Å²) in [6.45, 7) is 0. The summed E-state index contributed by atoms with van der Waals surface area (Å²) < 4.78 is 0. The molecule has 1 fully saturated rings. The first-order valence-corrected chi connectivity index (χ1v) is 8.07. The van der Waals surface area contributed by atoms with Crippen LogP contribution in [0.2, 0.25) is 5.02 Å². The third kappa shape index (κ3) is 3.04. The molecule has 1 aromatic carbocycles. The lowest BCUT2D eigenvalue weighted by Gasteiger charge is -2.21. The first-order chi connectivity index (χ1) is 10.5. The number of benzene rings is 1. The van der Waals surface area contributed by atoms with Crippen LogP contribution in [0.4, 0.5) is 4.79 Å². The zero-order valence-corrected chi connectivity index (χ0v) is 13.0. The van der Waals surface area contributed by atoms with Gasteiger partial charge in [0.1, 0.15) is 0 Å². The van der Waals surface area contributed by atoms with Gasteiger partial charge in [-0.1, -0.05) is 24.1 Å². The Bertz CT molecular complexity index is 605. The third-order valence-corrected chi connectivity index (χ3v) is 4.92. The molecule has 0 spiro atoms. The molecule has 0 aromatic heterocycles. The largest absolute Gasteiger partial charge is 0.369 e. The van der Waals surface area contributed by atoms with E-state index in [0.29, 0.717) is 0 Å². The van der Waals surface area contributed by atoms with E-state index < -0.39 is 0 Å². The average molecular weight is 322 g/mol. The minimum atomic E-state index is -0.330. The second-order valence-corrected chi connectivity index (χ2v) is 6.53. The quantitative estimate of drug-likeness (QED) is 0.798. The van der Waals surface area contributed by atoms with Crippen LogP contribution in [0, 0.1) is 5.92 Å². The number of nitrogens with two attached hydrogens (primary N) is 1. The normalized spacial score (nSPS) is 26.5. The monoisotopic (exact) mass is 321 g/mol. The molecule has 0 heterocycles. The molecule has 0 aliphatic heterocycles. The van der Waals surface area contributed by atoms with Crippen molar-refractivity contribution in [1.82, 2.24) is 10.6 Å². The molecule has 2 aliphatic carbocycles. The van der Waals surface area contributed by atoms with Crippen molar-refractivity contribution in [2.24, 2.45) is 11.7 Å². The summed E-state index contributed by atoms with van der Waals surface area (Å²) >= 11 is 5.99. The van der Waals surface area contributed by atoms with Crippen molar-refractivity contribution < 1.29 is 9.59 Å². The molecule has 1 saturated carbocycles. The molecule has 3 rings (SSSR count). The molecular formula is C16H20ClN3O2. The van der Waals surface area contributed by atoms with E-state index in [1.165, 1.54) is 5.56 Å². The van der Waals surface area contributed by atoms with Crippen molar-refractivity contribution in [3.8, 4) is 0 Å². The Morgan fingerprint density at radius 1 is 1.18 bits per heavy atom. The number of carbonyl (C=O) groups excluding carboxylic acids is 2. The zero-order valence-electron chi connectivity index (χ0n) is 12.3. The molecule has 118 valence electrons. The van der Waals surface area contributed by atoms with Gasteiger partial charge in [-0.25, -0.2) is 4.79 Å². The van der Waals surface area contributed by atoms with Gasteiger partial charge in [0.2, 0.25) is 5.91 Å². The van der Waals surface area contributed by atoms with E-state index in [-0.39, 0.29) is 29.9 Å². The molecule has 3 atom stereocenters. The second kappa shape index (κ2) is 6.16. The highest BCUT2D eigenvalue weighted by atomic mass is 35.5. The molecule has 0 unspecified atom stereocenters. The van der Waals surface area contributed by atoms with Crippen molar-refractivity contribution in [3.05, 3.63) is 34.3 Å². The van der Waals surface area contributed by atoms with E-state index >= 15 is 0 Å². The minimum absolute atomic E-state index is 0.000646. The smallest absolute Gasteiger partial charge is 0.315 e.